The van der Waals surface area contributed by atoms with Crippen molar-refractivity contribution in [1.82, 2.24) is 4.57 Å². The number of thiazole rings is 1. The maximum absolute atomic E-state index is 14.0. The van der Waals surface area contributed by atoms with Crippen molar-refractivity contribution < 1.29 is 32.9 Å². The number of benzene rings is 2. The van der Waals surface area contributed by atoms with Crippen molar-refractivity contribution in [3.8, 4) is 11.6 Å². The Morgan fingerprint density at radius 2 is 1.90 bits per heavy atom. The average molecular weight is 560 g/mol. The van der Waals surface area contributed by atoms with E-state index in [1.807, 2.05) is 0 Å². The SMILES string of the molecule is COc1ccc(CC(c2sc(=O)n(C3CCC(C(=O)O)CC3)c2O)=c2ccc3c(c2)C=NN=3)c(C(F)(F)F)c1. The van der Waals surface area contributed by atoms with Gasteiger partial charge < -0.3 is 14.9 Å². The molecular formula is C27H24F3N3O5S. The number of alkyl halides is 3. The zero-order chi connectivity index (χ0) is 27.9. The first-order valence-corrected chi connectivity index (χ1v) is 13.0. The highest BCUT2D eigenvalue weighted by molar-refractivity contribution is 7.10. The number of carboxylic acid groups (broad SMARTS) is 1. The van der Waals surface area contributed by atoms with Crippen molar-refractivity contribution in [3.05, 3.63) is 78.2 Å². The van der Waals surface area contributed by atoms with Crippen LogP contribution in [0.1, 0.15) is 53.3 Å². The minimum atomic E-state index is -4.66. The Balaban J connectivity index is 1.65. The molecule has 0 unspecified atom stereocenters. The molecule has 0 saturated heterocycles. The highest BCUT2D eigenvalue weighted by atomic mass is 32.1. The zero-order valence-corrected chi connectivity index (χ0v) is 21.6. The van der Waals surface area contributed by atoms with E-state index in [-0.39, 0.29) is 28.5 Å². The number of hydrogen-bond donors (Lipinski definition) is 2. The van der Waals surface area contributed by atoms with Gasteiger partial charge in [-0.3, -0.25) is 14.2 Å². The monoisotopic (exact) mass is 559 g/mol. The van der Waals surface area contributed by atoms with Gasteiger partial charge in [0.15, 0.2) is 0 Å². The molecule has 2 aromatic carbocycles. The maximum atomic E-state index is 14.0. The van der Waals surface area contributed by atoms with Gasteiger partial charge in [-0.1, -0.05) is 23.5 Å². The van der Waals surface area contributed by atoms with E-state index < -0.39 is 34.5 Å². The van der Waals surface area contributed by atoms with Crippen LogP contribution in [-0.2, 0) is 17.4 Å². The third-order valence-electron chi connectivity index (χ3n) is 7.23. The topological polar surface area (TPSA) is 113 Å². The number of hydrogen-bond acceptors (Lipinski definition) is 7. The standard InChI is InChI=1S/C27H24F3N3O5S/c1-38-19-8-4-16(21(12-19)27(28,29)30)11-20(15-5-9-22-17(10-15)13-31-32-22)23-24(34)33(26(37)39-23)18-6-2-14(3-7-18)25(35)36/h4-5,8-10,12-14,18,34H,2-3,6-7,11H2,1H3,(H,35,36). The Labute approximate surface area is 224 Å². The molecule has 0 radical (unpaired) electrons. The molecule has 1 aliphatic heterocycles. The fourth-order valence-electron chi connectivity index (χ4n) is 5.17. The first-order valence-electron chi connectivity index (χ1n) is 12.2. The molecule has 39 heavy (non-hydrogen) atoms. The van der Waals surface area contributed by atoms with Crippen LogP contribution >= 0.6 is 11.3 Å². The van der Waals surface area contributed by atoms with Crippen LogP contribution < -0.4 is 20.2 Å². The third kappa shape index (κ3) is 5.20. The summed E-state index contributed by atoms with van der Waals surface area (Å²) in [6.07, 6.45) is -1.86. The molecule has 5 rings (SSSR count). The normalized spacial score (nSPS) is 19.4. The van der Waals surface area contributed by atoms with E-state index >= 15 is 0 Å². The van der Waals surface area contributed by atoms with Gasteiger partial charge in [0.05, 0.1) is 35.0 Å². The van der Waals surface area contributed by atoms with Crippen LogP contribution in [0.2, 0.25) is 0 Å². The first kappa shape index (κ1) is 26.7. The molecule has 0 atom stereocenters. The molecule has 12 heteroatoms. The van der Waals surface area contributed by atoms with E-state index in [2.05, 4.69) is 10.2 Å². The molecule has 1 saturated carbocycles. The van der Waals surface area contributed by atoms with Crippen molar-refractivity contribution in [2.45, 2.75) is 44.3 Å². The molecule has 8 nitrogen and oxygen atoms in total. The van der Waals surface area contributed by atoms with Crippen molar-refractivity contribution in [3.63, 3.8) is 0 Å². The predicted octanol–water partition coefficient (Wildman–Crippen LogP) is 3.87. The summed E-state index contributed by atoms with van der Waals surface area (Å²) >= 11 is 0.759. The van der Waals surface area contributed by atoms with E-state index in [0.29, 0.717) is 47.4 Å². The number of aromatic nitrogens is 1. The quantitative estimate of drug-likeness (QED) is 0.476. The summed E-state index contributed by atoms with van der Waals surface area (Å²) in [5.41, 5.74) is 0.0710. The van der Waals surface area contributed by atoms with Crippen LogP contribution in [0.5, 0.6) is 11.6 Å². The molecule has 1 fully saturated rings. The number of methoxy groups -OCH3 is 1. The van der Waals surface area contributed by atoms with Crippen molar-refractivity contribution in [2.75, 3.05) is 7.11 Å². The van der Waals surface area contributed by atoms with Gasteiger partial charge in [-0.05, 0) is 66.3 Å². The third-order valence-corrected chi connectivity index (χ3v) is 8.23. The van der Waals surface area contributed by atoms with Crippen LogP contribution in [0.15, 0.2) is 51.4 Å². The number of nitrogens with zero attached hydrogens (tertiary/aromatic N) is 3. The summed E-state index contributed by atoms with van der Waals surface area (Å²) in [4.78, 5) is 24.2. The number of fused-ring (bicyclic) bond motifs is 1. The van der Waals surface area contributed by atoms with Gasteiger partial charge in [0.2, 0.25) is 5.88 Å². The number of aromatic hydroxyl groups is 1. The smallest absolute Gasteiger partial charge is 0.416 e. The highest BCUT2D eigenvalue weighted by Crippen LogP contribution is 2.40. The Bertz CT molecular complexity index is 1650. The van der Waals surface area contributed by atoms with Crippen LogP contribution in [0, 0.1) is 5.92 Å². The van der Waals surface area contributed by atoms with Gasteiger partial charge in [0, 0.05) is 18.0 Å². The number of aliphatic carboxylic acids is 1. The molecule has 0 amide bonds. The van der Waals surface area contributed by atoms with Crippen molar-refractivity contribution >= 4 is 29.1 Å². The van der Waals surface area contributed by atoms with Gasteiger partial charge >= 0.3 is 17.0 Å². The second-order valence-electron chi connectivity index (χ2n) is 9.53. The average Bonchev–Trinajstić information content (AvgIpc) is 3.49. The van der Waals surface area contributed by atoms with Gasteiger partial charge in [-0.2, -0.15) is 23.4 Å². The van der Waals surface area contributed by atoms with E-state index in [1.165, 1.54) is 30.0 Å². The molecular weight excluding hydrogens is 535 g/mol. The molecule has 1 aromatic heterocycles. The highest BCUT2D eigenvalue weighted by Gasteiger charge is 2.35. The number of rotatable bonds is 6. The number of ether oxygens (including phenoxy) is 1. The second kappa shape index (κ2) is 10.3. The van der Waals surface area contributed by atoms with E-state index in [4.69, 9.17) is 4.74 Å². The van der Waals surface area contributed by atoms with E-state index in [9.17, 15) is 33.0 Å². The van der Waals surface area contributed by atoms with Gasteiger partial charge in [0.25, 0.3) is 0 Å². The van der Waals surface area contributed by atoms with Crippen LogP contribution in [0.25, 0.3) is 5.57 Å². The Morgan fingerprint density at radius 3 is 2.56 bits per heavy atom. The molecule has 0 bridgehead atoms. The fraction of sp³-hybridized carbons (Fsp3) is 0.333. The number of carboxylic acids is 1. The summed E-state index contributed by atoms with van der Waals surface area (Å²) in [6, 6.07) is 8.36. The molecule has 2 N–H and O–H groups in total. The first-order chi connectivity index (χ1) is 18.6. The summed E-state index contributed by atoms with van der Waals surface area (Å²) in [5, 5.41) is 29.6. The van der Waals surface area contributed by atoms with Gasteiger partial charge in [-0.15, -0.1) is 0 Å². The lowest BCUT2D eigenvalue weighted by atomic mass is 9.86. The molecule has 2 heterocycles. The molecule has 0 spiro atoms. The van der Waals surface area contributed by atoms with Crippen molar-refractivity contribution in [2.24, 2.45) is 16.1 Å². The lowest BCUT2D eigenvalue weighted by Crippen LogP contribution is -2.27. The number of carbonyl (C=O) groups is 1. The van der Waals surface area contributed by atoms with Gasteiger partial charge in [-0.25, -0.2) is 0 Å². The minimum absolute atomic E-state index is 0.0501. The summed E-state index contributed by atoms with van der Waals surface area (Å²) in [5.74, 6) is -1.68. The Morgan fingerprint density at radius 1 is 1.15 bits per heavy atom. The lowest BCUT2D eigenvalue weighted by molar-refractivity contribution is -0.143. The van der Waals surface area contributed by atoms with Gasteiger partial charge in [0.1, 0.15) is 5.75 Å². The maximum Gasteiger partial charge on any atom is 0.416 e. The van der Waals surface area contributed by atoms with E-state index in [1.54, 1.807) is 18.2 Å². The van der Waals surface area contributed by atoms with Crippen LogP contribution in [0.3, 0.4) is 0 Å². The largest absolute Gasteiger partial charge is 0.497 e. The van der Waals surface area contributed by atoms with E-state index in [0.717, 1.165) is 17.4 Å². The van der Waals surface area contributed by atoms with Crippen LogP contribution in [0.4, 0.5) is 13.2 Å². The summed E-state index contributed by atoms with van der Waals surface area (Å²) < 4.78 is 48.4. The fourth-order valence-corrected chi connectivity index (χ4v) is 6.18. The number of halogens is 3. The van der Waals surface area contributed by atoms with Crippen LogP contribution in [-0.4, -0.2) is 34.1 Å². The Hall–Kier alpha value is -3.93. The molecule has 204 valence electrons. The molecule has 3 aromatic rings. The lowest BCUT2D eigenvalue weighted by Gasteiger charge is -2.27. The predicted molar refractivity (Wildman–Crippen MR) is 138 cm³/mol. The molecule has 1 aliphatic carbocycles. The summed E-state index contributed by atoms with van der Waals surface area (Å²) in [6.45, 7) is 0. The molecule has 2 aliphatic rings. The Kier molecular flexibility index (Phi) is 7.06. The second-order valence-corrected chi connectivity index (χ2v) is 10.5. The summed E-state index contributed by atoms with van der Waals surface area (Å²) in [7, 11) is 1.28. The minimum Gasteiger partial charge on any atom is -0.497 e. The zero-order valence-electron chi connectivity index (χ0n) is 20.7. The van der Waals surface area contributed by atoms with Crippen molar-refractivity contribution in [1.29, 1.82) is 0 Å².